The molecule has 0 saturated heterocycles. The number of anilines is 1. The third kappa shape index (κ3) is 4.05. The molecule has 2 N–H and O–H groups in total. The smallest absolute Gasteiger partial charge is 0.270 e. The van der Waals surface area contributed by atoms with Crippen LogP contribution in [0, 0.1) is 0 Å². The van der Waals surface area contributed by atoms with Crippen LogP contribution in [0.25, 0.3) is 0 Å². The van der Waals surface area contributed by atoms with E-state index in [1.54, 1.807) is 36.5 Å². The van der Waals surface area contributed by atoms with Gasteiger partial charge >= 0.3 is 0 Å². The zero-order chi connectivity index (χ0) is 15.9. The van der Waals surface area contributed by atoms with E-state index in [0.717, 1.165) is 5.56 Å². The molecule has 0 aliphatic carbocycles. The number of rotatable bonds is 5. The number of carbonyl (C=O) groups is 2. The predicted molar refractivity (Wildman–Crippen MR) is 82.7 cm³/mol. The summed E-state index contributed by atoms with van der Waals surface area (Å²) in [7, 11) is 1.53. The van der Waals surface area contributed by atoms with Gasteiger partial charge in [0.2, 0.25) is 5.91 Å². The number of nitrogens with one attached hydrogen (secondary N) is 2. The molecule has 0 radical (unpaired) electrons. The number of ether oxygens (including phenoxy) is 1. The predicted octanol–water partition coefficient (Wildman–Crippen LogP) is 1.98. The van der Waals surface area contributed by atoms with Crippen molar-refractivity contribution in [2.24, 2.45) is 0 Å². The maximum absolute atomic E-state index is 11.9. The second-order valence-electron chi connectivity index (χ2n) is 4.61. The Balaban J connectivity index is 2.07. The van der Waals surface area contributed by atoms with Crippen LogP contribution in [0.2, 0.25) is 0 Å². The fourth-order valence-corrected chi connectivity index (χ4v) is 1.92. The molecule has 2 rings (SSSR count). The SMILES string of the molecule is COc1ccc(CNC(=O)c2ccccn2)cc1NC(C)=O. The van der Waals surface area contributed by atoms with Crippen molar-refractivity contribution >= 4 is 17.5 Å². The maximum Gasteiger partial charge on any atom is 0.270 e. The molecule has 0 bridgehead atoms. The van der Waals surface area contributed by atoms with E-state index in [9.17, 15) is 9.59 Å². The van der Waals surface area contributed by atoms with Crippen LogP contribution in [0.5, 0.6) is 5.75 Å². The molecule has 0 aliphatic rings. The maximum atomic E-state index is 11.9. The number of amides is 2. The summed E-state index contributed by atoms with van der Waals surface area (Å²) in [6.07, 6.45) is 1.57. The largest absolute Gasteiger partial charge is 0.495 e. The first-order valence-electron chi connectivity index (χ1n) is 6.74. The highest BCUT2D eigenvalue weighted by Crippen LogP contribution is 2.25. The van der Waals surface area contributed by atoms with E-state index >= 15 is 0 Å². The molecule has 6 heteroatoms. The van der Waals surface area contributed by atoms with E-state index in [2.05, 4.69) is 15.6 Å². The van der Waals surface area contributed by atoms with Gasteiger partial charge in [0.15, 0.2) is 0 Å². The molecular weight excluding hydrogens is 282 g/mol. The molecule has 2 aromatic rings. The van der Waals surface area contributed by atoms with Gasteiger partial charge in [-0.1, -0.05) is 12.1 Å². The molecule has 22 heavy (non-hydrogen) atoms. The molecule has 0 unspecified atom stereocenters. The zero-order valence-electron chi connectivity index (χ0n) is 12.4. The fraction of sp³-hybridized carbons (Fsp3) is 0.188. The molecular formula is C16H17N3O3. The molecule has 0 spiro atoms. The Morgan fingerprint density at radius 3 is 2.68 bits per heavy atom. The Hall–Kier alpha value is -2.89. The number of benzene rings is 1. The summed E-state index contributed by atoms with van der Waals surface area (Å²) in [5.41, 5.74) is 1.77. The van der Waals surface area contributed by atoms with Gasteiger partial charge in [-0.05, 0) is 29.8 Å². The summed E-state index contributed by atoms with van der Waals surface area (Å²) in [4.78, 5) is 27.1. The lowest BCUT2D eigenvalue weighted by Gasteiger charge is -2.11. The van der Waals surface area contributed by atoms with Gasteiger partial charge in [0.05, 0.1) is 12.8 Å². The number of hydrogen-bond donors (Lipinski definition) is 2. The first-order valence-corrected chi connectivity index (χ1v) is 6.74. The van der Waals surface area contributed by atoms with Crippen LogP contribution >= 0.6 is 0 Å². The summed E-state index contributed by atoms with van der Waals surface area (Å²) in [6.45, 7) is 1.75. The van der Waals surface area contributed by atoms with Gasteiger partial charge < -0.3 is 15.4 Å². The summed E-state index contributed by atoms with van der Waals surface area (Å²) in [6, 6.07) is 10.5. The highest BCUT2D eigenvalue weighted by atomic mass is 16.5. The van der Waals surface area contributed by atoms with Gasteiger partial charge in [0, 0.05) is 19.7 Å². The summed E-state index contributed by atoms with van der Waals surface area (Å²) in [5.74, 6) is 0.125. The van der Waals surface area contributed by atoms with Gasteiger partial charge in [-0.25, -0.2) is 0 Å². The van der Waals surface area contributed by atoms with Crippen LogP contribution in [0.1, 0.15) is 23.0 Å². The van der Waals surface area contributed by atoms with Crippen LogP contribution in [0.4, 0.5) is 5.69 Å². The lowest BCUT2D eigenvalue weighted by Crippen LogP contribution is -2.23. The fourth-order valence-electron chi connectivity index (χ4n) is 1.92. The van der Waals surface area contributed by atoms with Crippen LogP contribution in [-0.4, -0.2) is 23.9 Å². The lowest BCUT2D eigenvalue weighted by molar-refractivity contribution is -0.114. The van der Waals surface area contributed by atoms with Crippen molar-refractivity contribution < 1.29 is 14.3 Å². The van der Waals surface area contributed by atoms with Crippen molar-refractivity contribution in [2.45, 2.75) is 13.5 Å². The summed E-state index contributed by atoms with van der Waals surface area (Å²) < 4.78 is 5.18. The third-order valence-electron chi connectivity index (χ3n) is 2.93. The highest BCUT2D eigenvalue weighted by Gasteiger charge is 2.08. The number of carbonyl (C=O) groups excluding carboxylic acids is 2. The Kier molecular flexibility index (Phi) is 5.08. The third-order valence-corrected chi connectivity index (χ3v) is 2.93. The Morgan fingerprint density at radius 1 is 1.23 bits per heavy atom. The average molecular weight is 299 g/mol. The highest BCUT2D eigenvalue weighted by molar-refractivity contribution is 5.92. The van der Waals surface area contributed by atoms with Crippen molar-refractivity contribution in [3.05, 3.63) is 53.9 Å². The Labute approximate surface area is 128 Å². The molecule has 6 nitrogen and oxygen atoms in total. The molecule has 0 aliphatic heterocycles. The first-order chi connectivity index (χ1) is 10.6. The standard InChI is InChI=1S/C16H17N3O3/c1-11(20)19-14-9-12(6-7-15(14)22-2)10-18-16(21)13-5-3-4-8-17-13/h3-9H,10H2,1-2H3,(H,18,21)(H,19,20). The molecule has 0 saturated carbocycles. The number of aromatic nitrogens is 1. The molecule has 0 fully saturated rings. The molecule has 114 valence electrons. The summed E-state index contributed by atoms with van der Waals surface area (Å²) >= 11 is 0. The Morgan fingerprint density at radius 2 is 2.05 bits per heavy atom. The zero-order valence-corrected chi connectivity index (χ0v) is 12.4. The lowest BCUT2D eigenvalue weighted by atomic mass is 10.1. The van der Waals surface area contributed by atoms with E-state index in [1.807, 2.05) is 6.07 Å². The first kappa shape index (κ1) is 15.5. The number of methoxy groups -OCH3 is 1. The second-order valence-corrected chi connectivity index (χ2v) is 4.61. The van der Waals surface area contributed by atoms with Crippen LogP contribution < -0.4 is 15.4 Å². The van der Waals surface area contributed by atoms with E-state index in [1.165, 1.54) is 14.0 Å². The summed E-state index contributed by atoms with van der Waals surface area (Å²) in [5, 5.41) is 5.47. The van der Waals surface area contributed by atoms with E-state index < -0.39 is 0 Å². The number of nitrogens with zero attached hydrogens (tertiary/aromatic N) is 1. The molecule has 1 aromatic carbocycles. The van der Waals surface area contributed by atoms with Crippen molar-refractivity contribution in [1.29, 1.82) is 0 Å². The molecule has 1 aromatic heterocycles. The quantitative estimate of drug-likeness (QED) is 0.884. The topological polar surface area (TPSA) is 80.3 Å². The van der Waals surface area contributed by atoms with E-state index in [-0.39, 0.29) is 11.8 Å². The van der Waals surface area contributed by atoms with Gasteiger partial charge in [-0.2, -0.15) is 0 Å². The van der Waals surface area contributed by atoms with E-state index in [4.69, 9.17) is 4.74 Å². The minimum atomic E-state index is -0.252. The van der Waals surface area contributed by atoms with Crippen LogP contribution in [-0.2, 0) is 11.3 Å². The van der Waals surface area contributed by atoms with Crippen molar-refractivity contribution in [1.82, 2.24) is 10.3 Å². The molecule has 1 heterocycles. The van der Waals surface area contributed by atoms with Gasteiger partial charge in [-0.3, -0.25) is 14.6 Å². The molecule has 2 amide bonds. The van der Waals surface area contributed by atoms with Gasteiger partial charge in [-0.15, -0.1) is 0 Å². The van der Waals surface area contributed by atoms with Crippen LogP contribution in [0.3, 0.4) is 0 Å². The number of pyridine rings is 1. The average Bonchev–Trinajstić information content (AvgIpc) is 2.53. The normalized spacial score (nSPS) is 9.91. The van der Waals surface area contributed by atoms with E-state index in [0.29, 0.717) is 23.7 Å². The van der Waals surface area contributed by atoms with Gasteiger partial charge in [0.1, 0.15) is 11.4 Å². The molecule has 0 atom stereocenters. The second kappa shape index (κ2) is 7.21. The van der Waals surface area contributed by atoms with Crippen molar-refractivity contribution in [3.63, 3.8) is 0 Å². The van der Waals surface area contributed by atoms with Crippen molar-refractivity contribution in [2.75, 3.05) is 12.4 Å². The minimum absolute atomic E-state index is 0.187. The minimum Gasteiger partial charge on any atom is -0.495 e. The van der Waals surface area contributed by atoms with Gasteiger partial charge in [0.25, 0.3) is 5.91 Å². The monoisotopic (exact) mass is 299 g/mol. The number of hydrogen-bond acceptors (Lipinski definition) is 4. The van der Waals surface area contributed by atoms with Crippen molar-refractivity contribution in [3.8, 4) is 5.75 Å². The Bertz CT molecular complexity index is 672. The van der Waals surface area contributed by atoms with Crippen LogP contribution in [0.15, 0.2) is 42.6 Å².